The van der Waals surface area contributed by atoms with E-state index in [2.05, 4.69) is 9.88 Å². The highest BCUT2D eigenvalue weighted by atomic mass is 35.5. The van der Waals surface area contributed by atoms with Gasteiger partial charge in [0.05, 0.1) is 6.04 Å². The monoisotopic (exact) mass is 417 g/mol. The zero-order valence-corrected chi connectivity index (χ0v) is 18.3. The van der Waals surface area contributed by atoms with Gasteiger partial charge in [-0.3, -0.25) is 4.79 Å². The summed E-state index contributed by atoms with van der Waals surface area (Å²) in [4.78, 5) is 12.7. The van der Waals surface area contributed by atoms with Crippen molar-refractivity contribution >= 4 is 23.6 Å². The highest BCUT2D eigenvalue weighted by Crippen LogP contribution is 2.27. The third kappa shape index (κ3) is 4.48. The lowest BCUT2D eigenvalue weighted by molar-refractivity contribution is -0.117. The topological polar surface area (TPSA) is 57.8 Å². The number of hydrogen-bond donors (Lipinski definition) is 1. The van der Waals surface area contributed by atoms with Crippen molar-refractivity contribution in [2.75, 3.05) is 0 Å². The van der Waals surface area contributed by atoms with Crippen LogP contribution in [0.1, 0.15) is 41.0 Å². The van der Waals surface area contributed by atoms with Gasteiger partial charge in [0.2, 0.25) is 0 Å². The van der Waals surface area contributed by atoms with Crippen molar-refractivity contribution in [3.05, 3.63) is 93.3 Å². The molecular formula is C25H24ClN3O. The van der Waals surface area contributed by atoms with Crippen molar-refractivity contribution in [1.29, 1.82) is 5.26 Å². The number of halogens is 1. The minimum atomic E-state index is -0.391. The lowest BCUT2D eigenvalue weighted by Crippen LogP contribution is -2.27. The smallest absolute Gasteiger partial charge is 0.262 e. The molecule has 1 amide bonds. The maximum absolute atomic E-state index is 12.7. The molecule has 30 heavy (non-hydrogen) atoms. The molecule has 0 spiro atoms. The zero-order chi connectivity index (χ0) is 21.8. The molecular weight excluding hydrogens is 394 g/mol. The van der Waals surface area contributed by atoms with Crippen molar-refractivity contribution in [2.45, 2.75) is 33.7 Å². The Kier molecular flexibility index (Phi) is 6.44. The summed E-state index contributed by atoms with van der Waals surface area (Å²) in [6, 6.07) is 19.2. The average Bonchev–Trinajstić information content (AvgIpc) is 3.01. The Hall–Kier alpha value is -3.29. The summed E-state index contributed by atoms with van der Waals surface area (Å²) in [5, 5.41) is 13.2. The molecule has 1 N–H and O–H groups in total. The van der Waals surface area contributed by atoms with E-state index in [9.17, 15) is 10.1 Å². The molecule has 0 unspecified atom stereocenters. The number of amides is 1. The quantitative estimate of drug-likeness (QED) is 0.418. The van der Waals surface area contributed by atoms with Gasteiger partial charge >= 0.3 is 0 Å². The standard InChI is InChI=1S/C25H24ClN3O/c1-16-10-11-23(26)14-24(16)29-17(2)12-21(19(29)4)13-22(15-27)25(30)28-18(3)20-8-6-5-7-9-20/h5-14,18H,1-4H3,(H,28,30)/b22-13-/t18-/m1/s1. The van der Waals surface area contributed by atoms with Gasteiger partial charge in [-0.15, -0.1) is 0 Å². The zero-order valence-electron chi connectivity index (χ0n) is 17.5. The van der Waals surface area contributed by atoms with Crippen LogP contribution in [0.4, 0.5) is 0 Å². The third-order valence-corrected chi connectivity index (χ3v) is 5.43. The summed E-state index contributed by atoms with van der Waals surface area (Å²) in [6.07, 6.45) is 1.64. The molecule has 0 saturated heterocycles. The summed E-state index contributed by atoms with van der Waals surface area (Å²) in [6.45, 7) is 7.89. The van der Waals surface area contributed by atoms with Crippen molar-refractivity contribution < 1.29 is 4.79 Å². The van der Waals surface area contributed by atoms with Crippen molar-refractivity contribution in [1.82, 2.24) is 9.88 Å². The Morgan fingerprint density at radius 2 is 1.83 bits per heavy atom. The maximum atomic E-state index is 12.7. The number of carbonyl (C=O) groups is 1. The number of benzene rings is 2. The molecule has 0 saturated carbocycles. The number of rotatable bonds is 5. The summed E-state index contributed by atoms with van der Waals surface area (Å²) >= 11 is 6.20. The first kappa shape index (κ1) is 21.4. The number of carbonyl (C=O) groups excluding carboxylic acids is 1. The maximum Gasteiger partial charge on any atom is 0.262 e. The number of aromatic nitrogens is 1. The Bertz CT molecular complexity index is 1150. The van der Waals surface area contributed by atoms with E-state index in [1.54, 1.807) is 6.08 Å². The summed E-state index contributed by atoms with van der Waals surface area (Å²) in [5.41, 5.74) is 5.89. The molecule has 4 nitrogen and oxygen atoms in total. The molecule has 2 aromatic carbocycles. The number of nitrogens with one attached hydrogen (secondary N) is 1. The summed E-state index contributed by atoms with van der Waals surface area (Å²) in [5.74, 6) is -0.391. The first-order valence-electron chi connectivity index (χ1n) is 9.75. The second kappa shape index (κ2) is 9.02. The number of nitriles is 1. The molecule has 1 atom stereocenters. The Balaban J connectivity index is 1.92. The Labute approximate surface area is 182 Å². The van der Waals surface area contributed by atoms with Gasteiger partial charge in [-0.25, -0.2) is 0 Å². The average molecular weight is 418 g/mol. The normalized spacial score (nSPS) is 12.3. The molecule has 0 radical (unpaired) electrons. The van der Waals surface area contributed by atoms with Crippen LogP contribution in [0, 0.1) is 32.1 Å². The predicted octanol–water partition coefficient (Wildman–Crippen LogP) is 5.84. The first-order valence-corrected chi connectivity index (χ1v) is 10.1. The molecule has 3 rings (SSSR count). The van der Waals surface area contributed by atoms with Gasteiger partial charge in [-0.2, -0.15) is 5.26 Å². The molecule has 5 heteroatoms. The molecule has 3 aromatic rings. The van der Waals surface area contributed by atoms with Crippen LogP contribution in [0.3, 0.4) is 0 Å². The number of aryl methyl sites for hydroxylation is 2. The minimum Gasteiger partial charge on any atom is -0.345 e. The van der Waals surface area contributed by atoms with Crippen LogP contribution in [0.25, 0.3) is 11.8 Å². The van der Waals surface area contributed by atoms with E-state index in [1.165, 1.54) is 0 Å². The highest BCUT2D eigenvalue weighted by Gasteiger charge is 2.17. The number of hydrogen-bond acceptors (Lipinski definition) is 2. The van der Waals surface area contributed by atoms with Gasteiger partial charge < -0.3 is 9.88 Å². The first-order chi connectivity index (χ1) is 14.3. The molecule has 0 aliphatic rings. The fourth-order valence-corrected chi connectivity index (χ4v) is 3.70. The molecule has 1 aromatic heterocycles. The van der Waals surface area contributed by atoms with Crippen molar-refractivity contribution in [3.8, 4) is 11.8 Å². The van der Waals surface area contributed by atoms with Crippen LogP contribution < -0.4 is 5.32 Å². The van der Waals surface area contributed by atoms with E-state index in [1.807, 2.05) is 88.4 Å². The molecule has 0 bridgehead atoms. The fourth-order valence-electron chi connectivity index (χ4n) is 3.53. The molecule has 1 heterocycles. The van der Waals surface area contributed by atoms with Crippen LogP contribution in [0.15, 0.2) is 60.2 Å². The van der Waals surface area contributed by atoms with Crippen LogP contribution in [-0.4, -0.2) is 10.5 Å². The van der Waals surface area contributed by atoms with E-state index < -0.39 is 5.91 Å². The predicted molar refractivity (Wildman–Crippen MR) is 122 cm³/mol. The van der Waals surface area contributed by atoms with E-state index in [0.717, 1.165) is 33.8 Å². The molecule has 0 fully saturated rings. The SMILES string of the molecule is Cc1ccc(Cl)cc1-n1c(C)cc(/C=C(/C#N)C(=O)N[C@H](C)c2ccccc2)c1C. The van der Waals surface area contributed by atoms with E-state index in [0.29, 0.717) is 5.02 Å². The van der Waals surface area contributed by atoms with Gasteiger partial charge in [-0.1, -0.05) is 48.0 Å². The van der Waals surface area contributed by atoms with Gasteiger partial charge in [0.1, 0.15) is 11.6 Å². The van der Waals surface area contributed by atoms with E-state index >= 15 is 0 Å². The van der Waals surface area contributed by atoms with Crippen molar-refractivity contribution in [3.63, 3.8) is 0 Å². The van der Waals surface area contributed by atoms with Crippen LogP contribution >= 0.6 is 11.6 Å². The lowest BCUT2D eigenvalue weighted by Gasteiger charge is -2.14. The Morgan fingerprint density at radius 3 is 2.50 bits per heavy atom. The second-order valence-corrected chi connectivity index (χ2v) is 7.80. The lowest BCUT2D eigenvalue weighted by atomic mass is 10.1. The summed E-state index contributed by atoms with van der Waals surface area (Å²) < 4.78 is 2.09. The van der Waals surface area contributed by atoms with Crippen molar-refractivity contribution in [2.24, 2.45) is 0 Å². The van der Waals surface area contributed by atoms with E-state index in [-0.39, 0.29) is 11.6 Å². The van der Waals surface area contributed by atoms with Gasteiger partial charge in [0, 0.05) is 22.1 Å². The van der Waals surface area contributed by atoms with Gasteiger partial charge in [0.15, 0.2) is 0 Å². The largest absolute Gasteiger partial charge is 0.345 e. The van der Waals surface area contributed by atoms with E-state index in [4.69, 9.17) is 11.6 Å². The van der Waals surface area contributed by atoms with Crippen LogP contribution in [0.2, 0.25) is 5.02 Å². The van der Waals surface area contributed by atoms with Gasteiger partial charge in [0.25, 0.3) is 5.91 Å². The second-order valence-electron chi connectivity index (χ2n) is 7.37. The third-order valence-electron chi connectivity index (χ3n) is 5.19. The minimum absolute atomic E-state index is 0.0702. The van der Waals surface area contributed by atoms with Crippen LogP contribution in [-0.2, 0) is 4.79 Å². The highest BCUT2D eigenvalue weighted by molar-refractivity contribution is 6.30. The molecule has 152 valence electrons. The molecule has 0 aliphatic carbocycles. The van der Waals surface area contributed by atoms with Gasteiger partial charge in [-0.05, 0) is 68.7 Å². The number of nitrogens with zero attached hydrogens (tertiary/aromatic N) is 2. The van der Waals surface area contributed by atoms with Crippen LogP contribution in [0.5, 0.6) is 0 Å². The Morgan fingerprint density at radius 1 is 1.13 bits per heavy atom. The molecule has 0 aliphatic heterocycles. The fraction of sp³-hybridized carbons (Fsp3) is 0.200. The summed E-state index contributed by atoms with van der Waals surface area (Å²) in [7, 11) is 0.